The molecular weight excluding hydrogens is 260 g/mol. The highest BCUT2D eigenvalue weighted by Gasteiger charge is 2.12. The number of esters is 1. The predicted molar refractivity (Wildman–Crippen MR) is 72.3 cm³/mol. The Morgan fingerprint density at radius 3 is 2.80 bits per heavy atom. The van der Waals surface area contributed by atoms with E-state index in [1.165, 1.54) is 11.8 Å². The average Bonchev–Trinajstić information content (AvgIpc) is 2.94. The van der Waals surface area contributed by atoms with Crippen LogP contribution in [0.3, 0.4) is 0 Å². The van der Waals surface area contributed by atoms with Gasteiger partial charge in [-0.3, -0.25) is 9.59 Å². The average molecular weight is 274 g/mol. The van der Waals surface area contributed by atoms with Crippen LogP contribution < -0.4 is 11.1 Å². The van der Waals surface area contributed by atoms with Crippen molar-refractivity contribution in [2.45, 2.75) is 0 Å². The van der Waals surface area contributed by atoms with E-state index in [2.05, 4.69) is 15.2 Å². The maximum atomic E-state index is 11.8. The van der Waals surface area contributed by atoms with Crippen LogP contribution in [-0.2, 0) is 9.53 Å². The fourth-order valence-electron chi connectivity index (χ4n) is 1.59. The number of para-hydroxylation sites is 2. The number of ether oxygens (including phenoxy) is 1. The lowest BCUT2D eigenvalue weighted by atomic mass is 10.3. The summed E-state index contributed by atoms with van der Waals surface area (Å²) in [6, 6.07) is 8.71. The highest BCUT2D eigenvalue weighted by atomic mass is 16.5. The smallest absolute Gasteiger partial charge is 0.325 e. The number of nitrogens with zero attached hydrogens (tertiary/aromatic N) is 2. The molecule has 20 heavy (non-hydrogen) atoms. The lowest BCUT2D eigenvalue weighted by Gasteiger charge is -2.04. The molecule has 104 valence electrons. The first-order chi connectivity index (χ1) is 9.61. The van der Waals surface area contributed by atoms with Crippen LogP contribution in [0.5, 0.6) is 0 Å². The van der Waals surface area contributed by atoms with E-state index < -0.39 is 11.9 Å². The predicted octanol–water partition coefficient (Wildman–Crippen LogP) is 0.357. The molecule has 0 spiro atoms. The zero-order chi connectivity index (χ0) is 14.5. The molecule has 0 bridgehead atoms. The maximum Gasteiger partial charge on any atom is 0.325 e. The molecule has 0 aliphatic carbocycles. The SMILES string of the molecule is COC(=O)CNC(=O)c1ccn(-c2ccccc2N)n1. The second-order valence-corrected chi connectivity index (χ2v) is 3.96. The van der Waals surface area contributed by atoms with Crippen molar-refractivity contribution in [3.8, 4) is 5.69 Å². The Hall–Kier alpha value is -2.83. The largest absolute Gasteiger partial charge is 0.468 e. The molecule has 1 aromatic heterocycles. The monoisotopic (exact) mass is 274 g/mol. The normalized spacial score (nSPS) is 10.1. The van der Waals surface area contributed by atoms with E-state index in [4.69, 9.17) is 5.73 Å². The summed E-state index contributed by atoms with van der Waals surface area (Å²) < 4.78 is 5.93. The Morgan fingerprint density at radius 2 is 2.10 bits per heavy atom. The zero-order valence-electron chi connectivity index (χ0n) is 10.9. The quantitative estimate of drug-likeness (QED) is 0.619. The molecule has 0 atom stereocenters. The highest BCUT2D eigenvalue weighted by molar-refractivity contribution is 5.94. The summed E-state index contributed by atoms with van der Waals surface area (Å²) >= 11 is 0. The van der Waals surface area contributed by atoms with Gasteiger partial charge in [0.25, 0.3) is 5.91 Å². The molecule has 0 unspecified atom stereocenters. The van der Waals surface area contributed by atoms with Gasteiger partial charge in [-0.15, -0.1) is 0 Å². The van der Waals surface area contributed by atoms with E-state index >= 15 is 0 Å². The number of anilines is 1. The van der Waals surface area contributed by atoms with Crippen LogP contribution in [0.4, 0.5) is 5.69 Å². The number of carbonyl (C=O) groups excluding carboxylic acids is 2. The standard InChI is InChI=1S/C13H14N4O3/c1-20-12(18)8-15-13(19)10-6-7-17(16-10)11-5-3-2-4-9(11)14/h2-7H,8,14H2,1H3,(H,15,19). The van der Waals surface area contributed by atoms with Gasteiger partial charge in [0.15, 0.2) is 5.69 Å². The molecule has 0 aliphatic heterocycles. The number of hydrogen-bond donors (Lipinski definition) is 2. The first-order valence-electron chi connectivity index (χ1n) is 5.87. The number of nitrogen functional groups attached to an aromatic ring is 1. The van der Waals surface area contributed by atoms with E-state index in [1.54, 1.807) is 24.4 Å². The summed E-state index contributed by atoms with van der Waals surface area (Å²) in [6.45, 7) is -0.199. The summed E-state index contributed by atoms with van der Waals surface area (Å²) in [6.07, 6.45) is 1.62. The number of nitrogens with one attached hydrogen (secondary N) is 1. The number of rotatable bonds is 4. The third-order valence-electron chi connectivity index (χ3n) is 2.63. The van der Waals surface area contributed by atoms with Gasteiger partial charge >= 0.3 is 5.97 Å². The molecule has 2 aromatic rings. The summed E-state index contributed by atoms with van der Waals surface area (Å²) in [7, 11) is 1.25. The Morgan fingerprint density at radius 1 is 1.35 bits per heavy atom. The van der Waals surface area contributed by atoms with Crippen molar-refractivity contribution in [2.24, 2.45) is 0 Å². The van der Waals surface area contributed by atoms with E-state index in [9.17, 15) is 9.59 Å². The minimum Gasteiger partial charge on any atom is -0.468 e. The van der Waals surface area contributed by atoms with Crippen molar-refractivity contribution in [2.75, 3.05) is 19.4 Å². The zero-order valence-corrected chi connectivity index (χ0v) is 10.9. The molecule has 1 heterocycles. The van der Waals surface area contributed by atoms with Crippen molar-refractivity contribution in [1.29, 1.82) is 0 Å². The van der Waals surface area contributed by atoms with Crippen molar-refractivity contribution in [1.82, 2.24) is 15.1 Å². The van der Waals surface area contributed by atoms with Crippen molar-refractivity contribution in [3.63, 3.8) is 0 Å². The van der Waals surface area contributed by atoms with Crippen LogP contribution in [0.2, 0.25) is 0 Å². The number of carbonyl (C=O) groups is 2. The molecule has 0 radical (unpaired) electrons. The van der Waals surface area contributed by atoms with Crippen molar-refractivity contribution < 1.29 is 14.3 Å². The first-order valence-corrected chi connectivity index (χ1v) is 5.87. The third-order valence-corrected chi connectivity index (χ3v) is 2.63. The summed E-state index contributed by atoms with van der Waals surface area (Å²) in [4.78, 5) is 22.7. The number of amides is 1. The Bertz CT molecular complexity index is 636. The molecule has 2 rings (SSSR count). The van der Waals surface area contributed by atoms with E-state index in [1.807, 2.05) is 12.1 Å². The first kappa shape index (κ1) is 13.6. The van der Waals surface area contributed by atoms with Crippen LogP contribution in [-0.4, -0.2) is 35.3 Å². The van der Waals surface area contributed by atoms with E-state index in [0.717, 1.165) is 0 Å². The second-order valence-electron chi connectivity index (χ2n) is 3.96. The number of hydrogen-bond acceptors (Lipinski definition) is 5. The lowest BCUT2D eigenvalue weighted by Crippen LogP contribution is -2.30. The Kier molecular flexibility index (Phi) is 3.99. The van der Waals surface area contributed by atoms with Gasteiger partial charge in [0, 0.05) is 6.20 Å². The van der Waals surface area contributed by atoms with Crippen LogP contribution >= 0.6 is 0 Å². The molecule has 0 aliphatic rings. The lowest BCUT2D eigenvalue weighted by molar-refractivity contribution is -0.139. The minimum atomic E-state index is -0.523. The topological polar surface area (TPSA) is 99.2 Å². The number of nitrogens with two attached hydrogens (primary N) is 1. The van der Waals surface area contributed by atoms with Gasteiger partial charge in [-0.2, -0.15) is 5.10 Å². The fraction of sp³-hybridized carbons (Fsp3) is 0.154. The van der Waals surface area contributed by atoms with Crippen LogP contribution in [0.1, 0.15) is 10.5 Å². The molecule has 1 amide bonds. The molecule has 7 heteroatoms. The minimum absolute atomic E-state index is 0.192. The molecular formula is C13H14N4O3. The molecule has 3 N–H and O–H groups in total. The number of benzene rings is 1. The molecule has 1 aromatic carbocycles. The molecule has 0 saturated carbocycles. The van der Waals surface area contributed by atoms with Crippen LogP contribution in [0.25, 0.3) is 5.69 Å². The van der Waals surface area contributed by atoms with Gasteiger partial charge in [0.1, 0.15) is 6.54 Å². The number of methoxy groups -OCH3 is 1. The highest BCUT2D eigenvalue weighted by Crippen LogP contribution is 2.15. The van der Waals surface area contributed by atoms with Crippen molar-refractivity contribution >= 4 is 17.6 Å². The van der Waals surface area contributed by atoms with Gasteiger partial charge in [0.05, 0.1) is 18.5 Å². The van der Waals surface area contributed by atoms with Gasteiger partial charge in [-0.25, -0.2) is 4.68 Å². The maximum absolute atomic E-state index is 11.8. The van der Waals surface area contributed by atoms with Gasteiger partial charge < -0.3 is 15.8 Å². The molecule has 0 fully saturated rings. The van der Waals surface area contributed by atoms with E-state index in [0.29, 0.717) is 11.4 Å². The summed E-state index contributed by atoms with van der Waals surface area (Å²) in [5.74, 6) is -0.978. The summed E-state index contributed by atoms with van der Waals surface area (Å²) in [5, 5.41) is 6.53. The molecule has 7 nitrogen and oxygen atoms in total. The van der Waals surface area contributed by atoms with Crippen molar-refractivity contribution in [3.05, 3.63) is 42.2 Å². The van der Waals surface area contributed by atoms with Gasteiger partial charge in [-0.1, -0.05) is 12.1 Å². The Labute approximate surface area is 115 Å². The van der Waals surface area contributed by atoms with Gasteiger partial charge in [-0.05, 0) is 18.2 Å². The Balaban J connectivity index is 2.11. The van der Waals surface area contributed by atoms with E-state index in [-0.39, 0.29) is 12.2 Å². The second kappa shape index (κ2) is 5.87. The van der Waals surface area contributed by atoms with Crippen LogP contribution in [0, 0.1) is 0 Å². The third kappa shape index (κ3) is 2.94. The van der Waals surface area contributed by atoms with Crippen LogP contribution in [0.15, 0.2) is 36.5 Å². The number of aromatic nitrogens is 2. The fourth-order valence-corrected chi connectivity index (χ4v) is 1.59. The van der Waals surface area contributed by atoms with Gasteiger partial charge in [0.2, 0.25) is 0 Å². The molecule has 0 saturated heterocycles. The summed E-state index contributed by atoms with van der Waals surface area (Å²) in [5.41, 5.74) is 7.26.